The smallest absolute Gasteiger partial charge is 0.183 e. The van der Waals surface area contributed by atoms with E-state index in [0.717, 1.165) is 43.0 Å². The van der Waals surface area contributed by atoms with E-state index in [-0.39, 0.29) is 10.1 Å². The lowest BCUT2D eigenvalue weighted by Gasteiger charge is -2.16. The fourth-order valence-electron chi connectivity index (χ4n) is 2.51. The van der Waals surface area contributed by atoms with E-state index in [9.17, 15) is 8.42 Å². The maximum atomic E-state index is 12.6. The van der Waals surface area contributed by atoms with E-state index >= 15 is 0 Å². The molecule has 0 bridgehead atoms. The summed E-state index contributed by atoms with van der Waals surface area (Å²) in [7, 11) is -3.28. The van der Waals surface area contributed by atoms with Crippen LogP contribution in [0.1, 0.15) is 38.5 Å². The average molecular weight is 332 g/mol. The normalized spacial score (nSPS) is 18.5. The van der Waals surface area contributed by atoms with Crippen molar-refractivity contribution in [1.29, 1.82) is 0 Å². The first-order chi connectivity index (χ1) is 8.51. The molecule has 1 aromatic carbocycles. The van der Waals surface area contributed by atoms with Crippen LogP contribution in [0.5, 0.6) is 0 Å². The molecule has 3 nitrogen and oxygen atoms in total. The summed E-state index contributed by atoms with van der Waals surface area (Å²) >= 11 is 3.30. The van der Waals surface area contributed by atoms with Gasteiger partial charge in [0, 0.05) is 4.47 Å². The molecule has 5 heteroatoms. The first-order valence-corrected chi connectivity index (χ1v) is 8.64. The van der Waals surface area contributed by atoms with Crippen LogP contribution in [0.15, 0.2) is 27.6 Å². The van der Waals surface area contributed by atoms with E-state index in [1.165, 1.54) is 0 Å². The lowest BCUT2D eigenvalue weighted by Crippen LogP contribution is -2.21. The Balaban J connectivity index is 2.34. The second-order valence-corrected chi connectivity index (χ2v) is 7.95. The quantitative estimate of drug-likeness (QED) is 0.666. The summed E-state index contributed by atoms with van der Waals surface area (Å²) in [5.41, 5.74) is 6.19. The standard InChI is InChI=1S/C13H18BrNO2S/c14-10-7-8-13(12(15)9-10)18(16,17)11-5-3-1-2-4-6-11/h7-9,11H,1-6,15H2. The summed E-state index contributed by atoms with van der Waals surface area (Å²) < 4.78 is 26.0. The third-order valence-corrected chi connectivity index (χ3v) is 6.35. The molecule has 1 aromatic rings. The van der Waals surface area contributed by atoms with Gasteiger partial charge in [-0.1, -0.05) is 41.6 Å². The second-order valence-electron chi connectivity index (χ2n) is 4.84. The van der Waals surface area contributed by atoms with Crippen LogP contribution < -0.4 is 5.73 Å². The van der Waals surface area contributed by atoms with Gasteiger partial charge in [-0.3, -0.25) is 0 Å². The molecule has 1 aliphatic carbocycles. The Morgan fingerprint density at radius 3 is 2.28 bits per heavy atom. The maximum absolute atomic E-state index is 12.6. The van der Waals surface area contributed by atoms with Crippen molar-refractivity contribution in [2.24, 2.45) is 0 Å². The molecule has 2 N–H and O–H groups in total. The molecule has 0 radical (unpaired) electrons. The van der Waals surface area contributed by atoms with Gasteiger partial charge in [-0.15, -0.1) is 0 Å². The Morgan fingerprint density at radius 1 is 1.11 bits per heavy atom. The monoisotopic (exact) mass is 331 g/mol. The molecule has 2 rings (SSSR count). The minimum Gasteiger partial charge on any atom is -0.398 e. The molecule has 0 heterocycles. The Kier molecular flexibility index (Phi) is 4.33. The highest BCUT2D eigenvalue weighted by atomic mass is 79.9. The van der Waals surface area contributed by atoms with Crippen LogP contribution >= 0.6 is 15.9 Å². The number of nitrogens with two attached hydrogens (primary N) is 1. The van der Waals surface area contributed by atoms with E-state index in [0.29, 0.717) is 5.69 Å². The fraction of sp³-hybridized carbons (Fsp3) is 0.538. The second kappa shape index (κ2) is 5.61. The third-order valence-electron chi connectivity index (χ3n) is 3.52. The fourth-order valence-corrected chi connectivity index (χ4v) is 4.85. The first-order valence-electron chi connectivity index (χ1n) is 6.31. The van der Waals surface area contributed by atoms with Gasteiger partial charge in [0.15, 0.2) is 9.84 Å². The van der Waals surface area contributed by atoms with Gasteiger partial charge in [0.05, 0.1) is 15.8 Å². The molecule has 0 aromatic heterocycles. The number of hydrogen-bond acceptors (Lipinski definition) is 3. The topological polar surface area (TPSA) is 60.2 Å². The zero-order valence-electron chi connectivity index (χ0n) is 10.2. The van der Waals surface area contributed by atoms with Crippen molar-refractivity contribution in [2.45, 2.75) is 48.7 Å². The molecular formula is C13H18BrNO2S. The molecule has 0 saturated heterocycles. The van der Waals surface area contributed by atoms with Gasteiger partial charge in [0.25, 0.3) is 0 Å². The van der Waals surface area contributed by atoms with Crippen molar-refractivity contribution < 1.29 is 8.42 Å². The van der Waals surface area contributed by atoms with Crippen molar-refractivity contribution in [3.8, 4) is 0 Å². The molecule has 0 atom stereocenters. The summed E-state index contributed by atoms with van der Waals surface area (Å²) in [4.78, 5) is 0.289. The first kappa shape index (κ1) is 13.9. The summed E-state index contributed by atoms with van der Waals surface area (Å²) in [5, 5.41) is -0.261. The third kappa shape index (κ3) is 2.88. The van der Waals surface area contributed by atoms with E-state index < -0.39 is 9.84 Å². The van der Waals surface area contributed by atoms with Gasteiger partial charge in [0.2, 0.25) is 0 Å². The number of rotatable bonds is 2. The van der Waals surface area contributed by atoms with Crippen molar-refractivity contribution in [1.82, 2.24) is 0 Å². The zero-order valence-corrected chi connectivity index (χ0v) is 12.6. The van der Waals surface area contributed by atoms with Crippen LogP contribution in [0.2, 0.25) is 0 Å². The highest BCUT2D eigenvalue weighted by Crippen LogP contribution is 2.31. The van der Waals surface area contributed by atoms with E-state index in [1.807, 2.05) is 0 Å². The van der Waals surface area contributed by atoms with Crippen molar-refractivity contribution in [2.75, 3.05) is 5.73 Å². The summed E-state index contributed by atoms with van der Waals surface area (Å²) in [6.07, 6.45) is 5.81. The molecule has 1 fully saturated rings. The maximum Gasteiger partial charge on any atom is 0.183 e. The molecule has 1 aliphatic rings. The van der Waals surface area contributed by atoms with Crippen LogP contribution in [0.4, 0.5) is 5.69 Å². The molecule has 0 unspecified atom stereocenters. The lowest BCUT2D eigenvalue weighted by molar-refractivity contribution is 0.563. The van der Waals surface area contributed by atoms with Crippen LogP contribution in [0.25, 0.3) is 0 Å². The van der Waals surface area contributed by atoms with Gasteiger partial charge in [-0.05, 0) is 31.0 Å². The Hall–Kier alpha value is -0.550. The summed E-state index contributed by atoms with van der Waals surface area (Å²) in [6.45, 7) is 0. The Morgan fingerprint density at radius 2 is 1.72 bits per heavy atom. The molecule has 0 spiro atoms. The van der Waals surface area contributed by atoms with Gasteiger partial charge >= 0.3 is 0 Å². The molecule has 100 valence electrons. The number of nitrogen functional groups attached to an aromatic ring is 1. The molecular weight excluding hydrogens is 314 g/mol. The molecule has 1 saturated carbocycles. The number of sulfone groups is 1. The Bertz CT molecular complexity index is 520. The molecule has 0 amide bonds. The number of halogens is 1. The molecule has 0 aliphatic heterocycles. The average Bonchev–Trinajstić information content (AvgIpc) is 2.57. The van der Waals surface area contributed by atoms with Gasteiger partial charge in [0.1, 0.15) is 0 Å². The summed E-state index contributed by atoms with van der Waals surface area (Å²) in [5.74, 6) is 0. The van der Waals surface area contributed by atoms with Gasteiger partial charge in [-0.25, -0.2) is 8.42 Å². The Labute approximate surface area is 117 Å². The SMILES string of the molecule is Nc1cc(Br)ccc1S(=O)(=O)C1CCCCCC1. The molecule has 18 heavy (non-hydrogen) atoms. The van der Waals surface area contributed by atoms with E-state index in [2.05, 4.69) is 15.9 Å². The highest BCUT2D eigenvalue weighted by molar-refractivity contribution is 9.10. The number of hydrogen-bond donors (Lipinski definition) is 1. The summed E-state index contributed by atoms with van der Waals surface area (Å²) in [6, 6.07) is 5.00. The van der Waals surface area contributed by atoms with Crippen molar-refractivity contribution in [3.63, 3.8) is 0 Å². The number of benzene rings is 1. The number of anilines is 1. The largest absolute Gasteiger partial charge is 0.398 e. The van der Waals surface area contributed by atoms with E-state index in [4.69, 9.17) is 5.73 Å². The predicted molar refractivity (Wildman–Crippen MR) is 77.2 cm³/mol. The van der Waals surface area contributed by atoms with Gasteiger partial charge < -0.3 is 5.73 Å². The minimum absolute atomic E-state index is 0.261. The van der Waals surface area contributed by atoms with Crippen molar-refractivity contribution in [3.05, 3.63) is 22.7 Å². The zero-order chi connectivity index (χ0) is 13.2. The van der Waals surface area contributed by atoms with Crippen LogP contribution in [0, 0.1) is 0 Å². The van der Waals surface area contributed by atoms with E-state index in [1.54, 1.807) is 18.2 Å². The van der Waals surface area contributed by atoms with Crippen LogP contribution in [0.3, 0.4) is 0 Å². The van der Waals surface area contributed by atoms with Crippen LogP contribution in [-0.2, 0) is 9.84 Å². The predicted octanol–water partition coefficient (Wildman–Crippen LogP) is 3.53. The highest BCUT2D eigenvalue weighted by Gasteiger charge is 2.29. The lowest BCUT2D eigenvalue weighted by atomic mass is 10.2. The van der Waals surface area contributed by atoms with Gasteiger partial charge in [-0.2, -0.15) is 0 Å². The van der Waals surface area contributed by atoms with Crippen molar-refractivity contribution >= 4 is 31.5 Å². The minimum atomic E-state index is -3.28. The van der Waals surface area contributed by atoms with Crippen LogP contribution in [-0.4, -0.2) is 13.7 Å².